The number of hydrogen-bond donors (Lipinski definition) is 1. The third-order valence-corrected chi connectivity index (χ3v) is 3.51. The van der Waals surface area contributed by atoms with Crippen LogP contribution in [0.2, 0.25) is 0 Å². The van der Waals surface area contributed by atoms with Crippen LogP contribution in [0.3, 0.4) is 0 Å². The smallest absolute Gasteiger partial charge is 0.338 e. The van der Waals surface area contributed by atoms with Crippen LogP contribution in [0, 0.1) is 0 Å². The number of halogens is 1. The van der Waals surface area contributed by atoms with Crippen molar-refractivity contribution in [2.24, 2.45) is 5.73 Å². The number of nitrogens with zero attached hydrogens (tertiary/aromatic N) is 1. The molecule has 0 saturated carbocycles. The Morgan fingerprint density at radius 3 is 2.48 bits per heavy atom. The number of amides is 1. The van der Waals surface area contributed by atoms with E-state index < -0.39 is 24.1 Å². The summed E-state index contributed by atoms with van der Waals surface area (Å²) in [6.07, 6.45) is -0.357. The van der Waals surface area contributed by atoms with E-state index in [0.717, 1.165) is 0 Å². The Balaban J connectivity index is 0.00000264. The van der Waals surface area contributed by atoms with Gasteiger partial charge in [0.2, 0.25) is 5.91 Å². The van der Waals surface area contributed by atoms with E-state index in [0.29, 0.717) is 5.56 Å². The summed E-state index contributed by atoms with van der Waals surface area (Å²) in [5, 5.41) is 0. The zero-order valence-corrected chi connectivity index (χ0v) is 13.5. The van der Waals surface area contributed by atoms with Gasteiger partial charge in [-0.2, -0.15) is 0 Å². The molecule has 8 heteroatoms. The van der Waals surface area contributed by atoms with Gasteiger partial charge in [0.05, 0.1) is 25.8 Å². The number of rotatable bonds is 4. The van der Waals surface area contributed by atoms with Crippen LogP contribution in [0.25, 0.3) is 0 Å². The molecular formula is C15H19ClN2O5. The van der Waals surface area contributed by atoms with Crippen molar-refractivity contribution in [1.29, 1.82) is 0 Å². The number of carbonyl (C=O) groups is 3. The molecule has 2 rings (SSSR count). The van der Waals surface area contributed by atoms with E-state index in [-0.39, 0.29) is 37.8 Å². The summed E-state index contributed by atoms with van der Waals surface area (Å²) in [7, 11) is 1.25. The molecule has 1 amide bonds. The molecule has 0 aromatic heterocycles. The van der Waals surface area contributed by atoms with Crippen molar-refractivity contribution in [1.82, 2.24) is 4.90 Å². The van der Waals surface area contributed by atoms with Gasteiger partial charge in [0, 0.05) is 6.42 Å². The van der Waals surface area contributed by atoms with Gasteiger partial charge >= 0.3 is 11.9 Å². The van der Waals surface area contributed by atoms with Gasteiger partial charge in [-0.1, -0.05) is 18.2 Å². The summed E-state index contributed by atoms with van der Waals surface area (Å²) in [5.74, 6) is -1.41. The molecule has 0 aliphatic carbocycles. The zero-order valence-electron chi connectivity index (χ0n) is 12.6. The second kappa shape index (κ2) is 8.50. The Kier molecular flexibility index (Phi) is 6.99. The first-order valence-electron chi connectivity index (χ1n) is 6.90. The van der Waals surface area contributed by atoms with E-state index in [1.54, 1.807) is 30.3 Å². The fourth-order valence-corrected chi connectivity index (χ4v) is 2.43. The average molecular weight is 343 g/mol. The van der Waals surface area contributed by atoms with Gasteiger partial charge in [-0.15, -0.1) is 12.4 Å². The van der Waals surface area contributed by atoms with Crippen LogP contribution in [0.4, 0.5) is 0 Å². The van der Waals surface area contributed by atoms with Crippen molar-refractivity contribution in [3.63, 3.8) is 0 Å². The number of benzene rings is 1. The molecule has 0 spiro atoms. The maximum Gasteiger partial charge on any atom is 0.338 e. The van der Waals surface area contributed by atoms with Crippen LogP contribution in [-0.4, -0.2) is 55.1 Å². The van der Waals surface area contributed by atoms with Crippen LogP contribution in [0.15, 0.2) is 30.3 Å². The lowest BCUT2D eigenvalue weighted by Crippen LogP contribution is -2.44. The highest BCUT2D eigenvalue weighted by atomic mass is 35.5. The van der Waals surface area contributed by atoms with E-state index in [2.05, 4.69) is 4.74 Å². The fraction of sp³-hybridized carbons (Fsp3) is 0.400. The van der Waals surface area contributed by atoms with Gasteiger partial charge in [-0.05, 0) is 12.1 Å². The van der Waals surface area contributed by atoms with Crippen molar-refractivity contribution in [3.8, 4) is 0 Å². The topological polar surface area (TPSA) is 98.9 Å². The number of nitrogens with two attached hydrogens (primary N) is 1. The first-order valence-corrected chi connectivity index (χ1v) is 6.90. The molecular weight excluding hydrogens is 324 g/mol. The van der Waals surface area contributed by atoms with E-state index in [9.17, 15) is 14.4 Å². The lowest BCUT2D eigenvalue weighted by molar-refractivity contribution is -0.150. The minimum atomic E-state index is -0.769. The minimum Gasteiger partial charge on any atom is -0.467 e. The fourth-order valence-electron chi connectivity index (χ4n) is 2.43. The number of likely N-dealkylation sites (tertiary alicyclic amines) is 1. The van der Waals surface area contributed by atoms with Crippen LogP contribution in [0.1, 0.15) is 16.8 Å². The maximum absolute atomic E-state index is 12.0. The Morgan fingerprint density at radius 2 is 1.91 bits per heavy atom. The van der Waals surface area contributed by atoms with Gasteiger partial charge in [0.15, 0.2) is 0 Å². The van der Waals surface area contributed by atoms with E-state index in [4.69, 9.17) is 10.5 Å². The highest BCUT2D eigenvalue weighted by Gasteiger charge is 2.41. The summed E-state index contributed by atoms with van der Waals surface area (Å²) in [6.45, 7) is -0.0821. The molecule has 126 valence electrons. The van der Waals surface area contributed by atoms with Gasteiger partial charge in [-0.25, -0.2) is 9.59 Å². The Morgan fingerprint density at radius 1 is 1.26 bits per heavy atom. The maximum atomic E-state index is 12.0. The third kappa shape index (κ3) is 4.43. The minimum absolute atomic E-state index is 0. The zero-order chi connectivity index (χ0) is 16.1. The molecule has 1 saturated heterocycles. The quantitative estimate of drug-likeness (QED) is 0.793. The number of ether oxygens (including phenoxy) is 2. The average Bonchev–Trinajstić information content (AvgIpc) is 2.98. The molecule has 7 nitrogen and oxygen atoms in total. The largest absolute Gasteiger partial charge is 0.467 e. The second-order valence-electron chi connectivity index (χ2n) is 4.92. The molecule has 0 unspecified atom stereocenters. The molecule has 1 aliphatic rings. The monoisotopic (exact) mass is 342 g/mol. The number of hydrogen-bond acceptors (Lipinski definition) is 6. The standard InChI is InChI=1S/C15H18N2O5.ClH/c1-21-15(20)12-7-11(9-17(12)13(18)8-16)22-14(19)10-5-3-2-4-6-10;/h2-6,11-12H,7-9,16H2,1H3;1H/t11-,12+;/m1./s1. The summed E-state index contributed by atoms with van der Waals surface area (Å²) in [5.41, 5.74) is 5.76. The van der Waals surface area contributed by atoms with Crippen molar-refractivity contribution in [3.05, 3.63) is 35.9 Å². The molecule has 2 N–H and O–H groups in total. The molecule has 1 fully saturated rings. The van der Waals surface area contributed by atoms with Gasteiger partial charge < -0.3 is 20.1 Å². The van der Waals surface area contributed by atoms with E-state index in [1.165, 1.54) is 12.0 Å². The van der Waals surface area contributed by atoms with Crippen molar-refractivity contribution in [2.45, 2.75) is 18.6 Å². The van der Waals surface area contributed by atoms with Crippen LogP contribution < -0.4 is 5.73 Å². The molecule has 1 aromatic carbocycles. The molecule has 0 radical (unpaired) electrons. The number of esters is 2. The number of carbonyl (C=O) groups excluding carboxylic acids is 3. The molecule has 1 aromatic rings. The highest BCUT2D eigenvalue weighted by Crippen LogP contribution is 2.22. The molecule has 1 aliphatic heterocycles. The molecule has 1 heterocycles. The normalized spacial score (nSPS) is 19.7. The third-order valence-electron chi connectivity index (χ3n) is 3.51. The molecule has 2 atom stereocenters. The Hall–Kier alpha value is -2.12. The summed E-state index contributed by atoms with van der Waals surface area (Å²) >= 11 is 0. The first-order chi connectivity index (χ1) is 10.6. The van der Waals surface area contributed by atoms with Gasteiger partial charge in [0.25, 0.3) is 0 Å². The highest BCUT2D eigenvalue weighted by molar-refractivity contribution is 5.90. The number of methoxy groups -OCH3 is 1. The van der Waals surface area contributed by atoms with Crippen molar-refractivity contribution in [2.75, 3.05) is 20.2 Å². The molecule has 23 heavy (non-hydrogen) atoms. The van der Waals surface area contributed by atoms with Gasteiger partial charge in [0.1, 0.15) is 12.1 Å². The lowest BCUT2D eigenvalue weighted by Gasteiger charge is -2.21. The van der Waals surface area contributed by atoms with Crippen molar-refractivity contribution >= 4 is 30.3 Å². The van der Waals surface area contributed by atoms with E-state index >= 15 is 0 Å². The summed E-state index contributed by atoms with van der Waals surface area (Å²) in [4.78, 5) is 36.9. The van der Waals surface area contributed by atoms with Crippen LogP contribution >= 0.6 is 12.4 Å². The van der Waals surface area contributed by atoms with Crippen molar-refractivity contribution < 1.29 is 23.9 Å². The van der Waals surface area contributed by atoms with Crippen LogP contribution in [0.5, 0.6) is 0 Å². The Labute approximate surface area is 140 Å². The first kappa shape index (κ1) is 18.9. The summed E-state index contributed by atoms with van der Waals surface area (Å²) < 4.78 is 10.0. The molecule has 0 bridgehead atoms. The SMILES string of the molecule is COC(=O)[C@@H]1C[C@@H](OC(=O)c2ccccc2)CN1C(=O)CN.Cl. The van der Waals surface area contributed by atoms with Gasteiger partial charge in [-0.3, -0.25) is 4.79 Å². The predicted molar refractivity (Wildman–Crippen MR) is 84.1 cm³/mol. The second-order valence-corrected chi connectivity index (χ2v) is 4.92. The van der Waals surface area contributed by atoms with Crippen LogP contribution in [-0.2, 0) is 19.1 Å². The predicted octanol–water partition coefficient (Wildman–Crippen LogP) is 0.366. The Bertz CT molecular complexity index is 542. The van der Waals surface area contributed by atoms with E-state index in [1.807, 2.05) is 0 Å². The summed E-state index contributed by atoms with van der Waals surface area (Å²) in [6, 6.07) is 7.76. The lowest BCUT2D eigenvalue weighted by atomic mass is 10.2.